The molecule has 2 aromatic carbocycles. The summed E-state index contributed by atoms with van der Waals surface area (Å²) in [5, 5.41) is 0.769. The second-order valence-corrected chi connectivity index (χ2v) is 6.09. The third-order valence-corrected chi connectivity index (χ3v) is 4.28. The molecule has 0 unspecified atom stereocenters. The molecule has 0 amide bonds. The highest BCUT2D eigenvalue weighted by Crippen LogP contribution is 2.32. The first kappa shape index (κ1) is 16.0. The lowest BCUT2D eigenvalue weighted by molar-refractivity contribution is -0.183. The van der Waals surface area contributed by atoms with Crippen molar-refractivity contribution < 1.29 is 23.1 Å². The fraction of sp³-hybridized carbons (Fsp3) is 0.250. The molecular weight excluding hydrogens is 323 g/mol. The number of Topliss-reactive ketones (excluding diaryl/α,β-unsaturated/α-hetero) is 1. The Morgan fingerprint density at radius 2 is 1.88 bits per heavy atom. The molecule has 0 N–H and O–H groups in total. The summed E-state index contributed by atoms with van der Waals surface area (Å²) in [5.41, 5.74) is 2.22. The van der Waals surface area contributed by atoms with E-state index in [-0.39, 0.29) is 5.78 Å². The Kier molecular flexibility index (Phi) is 4.11. The zero-order valence-electron chi connectivity index (χ0n) is 13.8. The molecule has 0 bridgehead atoms. The van der Waals surface area contributed by atoms with Crippen molar-refractivity contribution in [2.24, 2.45) is 0 Å². The van der Waals surface area contributed by atoms with Crippen LogP contribution in [0.3, 0.4) is 0 Å². The molecule has 0 spiro atoms. The number of fused-ring (bicyclic) bond motifs is 1. The molecule has 1 aliphatic rings. The van der Waals surface area contributed by atoms with E-state index in [0.29, 0.717) is 41.2 Å². The van der Waals surface area contributed by atoms with Gasteiger partial charge in [-0.2, -0.15) is 0 Å². The molecule has 5 heteroatoms. The van der Waals surface area contributed by atoms with E-state index >= 15 is 0 Å². The minimum Gasteiger partial charge on any atom is -0.456 e. The first-order chi connectivity index (χ1) is 12.1. The Balaban J connectivity index is 1.69. The van der Waals surface area contributed by atoms with Gasteiger partial charge in [-0.3, -0.25) is 4.79 Å². The largest absolute Gasteiger partial charge is 0.456 e. The molecule has 2 heterocycles. The average molecular weight is 340 g/mol. The van der Waals surface area contributed by atoms with Gasteiger partial charge >= 0.3 is 0 Å². The van der Waals surface area contributed by atoms with Gasteiger partial charge < -0.3 is 13.9 Å². The Bertz CT molecular complexity index is 938. The fourth-order valence-corrected chi connectivity index (χ4v) is 2.95. The lowest BCUT2D eigenvalue weighted by Gasteiger charge is -2.23. The van der Waals surface area contributed by atoms with Gasteiger partial charge in [-0.25, -0.2) is 4.39 Å². The molecule has 4 nitrogen and oxygen atoms in total. The van der Waals surface area contributed by atoms with E-state index in [2.05, 4.69) is 0 Å². The van der Waals surface area contributed by atoms with Crippen molar-refractivity contribution in [3.8, 4) is 11.3 Å². The van der Waals surface area contributed by atoms with E-state index in [1.165, 1.54) is 13.0 Å². The topological polar surface area (TPSA) is 48.7 Å². The number of hydrogen-bond acceptors (Lipinski definition) is 4. The maximum Gasteiger partial charge on any atom is 0.183 e. The number of carbonyl (C=O) groups excluding carboxylic acids is 1. The standard InChI is InChI=1S/C20H17FO4/c1-12(22)13-4-6-18-15(9-13)11-19(25-18)16-5-3-14(10-17(16)21)20-23-7-2-8-24-20/h3-6,9-11,20H,2,7-8H2,1H3. The lowest BCUT2D eigenvalue weighted by atomic mass is 10.1. The molecule has 128 valence electrons. The van der Waals surface area contributed by atoms with Crippen molar-refractivity contribution in [1.82, 2.24) is 0 Å². The van der Waals surface area contributed by atoms with Crippen molar-refractivity contribution >= 4 is 16.8 Å². The zero-order chi connectivity index (χ0) is 17.4. The van der Waals surface area contributed by atoms with Crippen molar-refractivity contribution in [2.45, 2.75) is 19.6 Å². The summed E-state index contributed by atoms with van der Waals surface area (Å²) in [7, 11) is 0. The van der Waals surface area contributed by atoms with Crippen molar-refractivity contribution in [3.63, 3.8) is 0 Å². The minimum absolute atomic E-state index is 0.0207. The maximum atomic E-state index is 14.6. The van der Waals surface area contributed by atoms with Crippen LogP contribution in [0.1, 0.15) is 35.6 Å². The van der Waals surface area contributed by atoms with E-state index in [0.717, 1.165) is 11.8 Å². The fourth-order valence-electron chi connectivity index (χ4n) is 2.95. The second-order valence-electron chi connectivity index (χ2n) is 6.09. The monoisotopic (exact) mass is 340 g/mol. The number of benzene rings is 2. The van der Waals surface area contributed by atoms with Gasteiger partial charge in [0.2, 0.25) is 0 Å². The molecule has 1 saturated heterocycles. The predicted molar refractivity (Wildman–Crippen MR) is 90.9 cm³/mol. The summed E-state index contributed by atoms with van der Waals surface area (Å²) < 4.78 is 31.4. The Morgan fingerprint density at radius 3 is 2.60 bits per heavy atom. The summed E-state index contributed by atoms with van der Waals surface area (Å²) in [6.07, 6.45) is 0.323. The van der Waals surface area contributed by atoms with Crippen molar-refractivity contribution in [1.29, 1.82) is 0 Å². The second kappa shape index (κ2) is 6.43. The summed E-state index contributed by atoms with van der Waals surface area (Å²) >= 11 is 0. The van der Waals surface area contributed by atoms with E-state index in [1.807, 2.05) is 0 Å². The van der Waals surface area contributed by atoms with Gasteiger partial charge in [-0.15, -0.1) is 0 Å². The number of carbonyl (C=O) groups is 1. The average Bonchev–Trinajstić information content (AvgIpc) is 3.05. The van der Waals surface area contributed by atoms with Crippen LogP contribution in [0.4, 0.5) is 4.39 Å². The molecule has 0 radical (unpaired) electrons. The highest BCUT2D eigenvalue weighted by Gasteiger charge is 2.19. The van der Waals surface area contributed by atoms with Gasteiger partial charge in [-0.1, -0.05) is 6.07 Å². The van der Waals surface area contributed by atoms with Crippen LogP contribution < -0.4 is 0 Å². The van der Waals surface area contributed by atoms with Gasteiger partial charge in [0.05, 0.1) is 18.8 Å². The number of halogens is 1. The summed E-state index contributed by atoms with van der Waals surface area (Å²) in [6.45, 7) is 2.72. The van der Waals surface area contributed by atoms with Gasteiger partial charge in [0.25, 0.3) is 0 Å². The van der Waals surface area contributed by atoms with Gasteiger partial charge in [0.1, 0.15) is 17.2 Å². The number of hydrogen-bond donors (Lipinski definition) is 0. The van der Waals surface area contributed by atoms with Gasteiger partial charge in [0.15, 0.2) is 12.1 Å². The molecule has 4 rings (SSSR count). The molecule has 1 aliphatic heterocycles. The number of rotatable bonds is 3. The smallest absolute Gasteiger partial charge is 0.183 e. The van der Waals surface area contributed by atoms with Crippen LogP contribution in [0.2, 0.25) is 0 Å². The van der Waals surface area contributed by atoms with Crippen molar-refractivity contribution in [2.75, 3.05) is 13.2 Å². The van der Waals surface area contributed by atoms with Crippen molar-refractivity contribution in [3.05, 3.63) is 59.4 Å². The summed E-state index contributed by atoms with van der Waals surface area (Å²) in [5.74, 6) is -0.000908. The summed E-state index contributed by atoms with van der Waals surface area (Å²) in [4.78, 5) is 11.5. The molecule has 25 heavy (non-hydrogen) atoms. The SMILES string of the molecule is CC(=O)c1ccc2oc(-c3ccc(C4OCCCO4)cc3F)cc2c1. The third kappa shape index (κ3) is 3.08. The summed E-state index contributed by atoms with van der Waals surface area (Å²) in [6, 6.07) is 11.8. The number of ketones is 1. The van der Waals surface area contributed by atoms with Gasteiger partial charge in [0, 0.05) is 16.5 Å². The van der Waals surface area contributed by atoms with Crippen LogP contribution in [0.5, 0.6) is 0 Å². The Morgan fingerprint density at radius 1 is 1.08 bits per heavy atom. The molecule has 0 aliphatic carbocycles. The quantitative estimate of drug-likeness (QED) is 0.638. The van der Waals surface area contributed by atoms with E-state index < -0.39 is 12.1 Å². The molecule has 3 aromatic rings. The zero-order valence-corrected chi connectivity index (χ0v) is 13.8. The predicted octanol–water partition coefficient (Wildman–Crippen LogP) is 4.88. The Hall–Kier alpha value is -2.50. The Labute approximate surface area is 144 Å². The van der Waals surface area contributed by atoms with Crippen LogP contribution in [0.25, 0.3) is 22.3 Å². The number of ether oxygens (including phenoxy) is 2. The van der Waals surface area contributed by atoms with Crippen LogP contribution in [-0.2, 0) is 9.47 Å². The molecule has 1 aromatic heterocycles. The maximum absolute atomic E-state index is 14.6. The van der Waals surface area contributed by atoms with E-state index in [1.54, 1.807) is 36.4 Å². The normalized spacial score (nSPS) is 15.6. The molecular formula is C20H17FO4. The first-order valence-electron chi connectivity index (χ1n) is 8.19. The lowest BCUT2D eigenvalue weighted by Crippen LogP contribution is -2.17. The highest BCUT2D eigenvalue weighted by molar-refractivity contribution is 5.98. The van der Waals surface area contributed by atoms with Crippen LogP contribution in [0.15, 0.2) is 46.9 Å². The van der Waals surface area contributed by atoms with Crippen LogP contribution >= 0.6 is 0 Å². The molecule has 0 saturated carbocycles. The van der Waals surface area contributed by atoms with E-state index in [4.69, 9.17) is 13.9 Å². The van der Waals surface area contributed by atoms with Gasteiger partial charge in [-0.05, 0) is 49.7 Å². The third-order valence-electron chi connectivity index (χ3n) is 4.28. The molecule has 0 atom stereocenters. The number of furan rings is 1. The van der Waals surface area contributed by atoms with Crippen LogP contribution in [-0.4, -0.2) is 19.0 Å². The van der Waals surface area contributed by atoms with E-state index in [9.17, 15) is 9.18 Å². The highest BCUT2D eigenvalue weighted by atomic mass is 19.1. The molecule has 1 fully saturated rings. The minimum atomic E-state index is -0.522. The first-order valence-corrected chi connectivity index (χ1v) is 8.19. The van der Waals surface area contributed by atoms with Crippen LogP contribution in [0, 0.1) is 5.82 Å².